The average molecular weight is 292 g/mol. The van der Waals surface area contributed by atoms with Crippen molar-refractivity contribution in [3.8, 4) is 0 Å². The van der Waals surface area contributed by atoms with Gasteiger partial charge < -0.3 is 5.32 Å². The molecule has 0 atom stereocenters. The van der Waals surface area contributed by atoms with Gasteiger partial charge in [-0.15, -0.1) is 0 Å². The van der Waals surface area contributed by atoms with Crippen LogP contribution in [0.5, 0.6) is 0 Å². The Balaban J connectivity index is 2.91. The van der Waals surface area contributed by atoms with Gasteiger partial charge in [0.25, 0.3) is 0 Å². The van der Waals surface area contributed by atoms with E-state index >= 15 is 0 Å². The predicted octanol–water partition coefficient (Wildman–Crippen LogP) is 3.62. The summed E-state index contributed by atoms with van der Waals surface area (Å²) < 4.78 is 73.3. The summed E-state index contributed by atoms with van der Waals surface area (Å²) in [4.78, 5) is 10.8. The lowest BCUT2D eigenvalue weighted by molar-refractivity contribution is -0.267. The van der Waals surface area contributed by atoms with Gasteiger partial charge in [0.2, 0.25) is 0 Å². The summed E-state index contributed by atoms with van der Waals surface area (Å²) in [7, 11) is 0. The Kier molecular flexibility index (Phi) is 3.80. The molecule has 1 N–H and O–H groups in total. The van der Waals surface area contributed by atoms with Crippen LogP contribution in [0.2, 0.25) is 5.02 Å². The minimum absolute atomic E-state index is 0.477. The maximum absolute atomic E-state index is 12.7. The minimum atomic E-state index is -6.01. The van der Waals surface area contributed by atoms with Gasteiger partial charge in [0.1, 0.15) is 5.82 Å². The number of amides is 1. The molecule has 0 aliphatic rings. The quantitative estimate of drug-likeness (QED) is 0.829. The molecule has 0 saturated heterocycles. The summed E-state index contributed by atoms with van der Waals surface area (Å²) in [6.45, 7) is 0. The Morgan fingerprint density at radius 3 is 2.17 bits per heavy atom. The van der Waals surface area contributed by atoms with E-state index in [4.69, 9.17) is 11.6 Å². The lowest BCUT2D eigenvalue weighted by Gasteiger charge is -2.18. The summed E-state index contributed by atoms with van der Waals surface area (Å²) in [6, 6.07) is 2.22. The first kappa shape index (κ1) is 14.6. The Morgan fingerprint density at radius 2 is 1.72 bits per heavy atom. The van der Waals surface area contributed by atoms with Gasteiger partial charge in [-0.05, 0) is 18.2 Å². The third kappa shape index (κ3) is 2.87. The number of hydrogen-bond acceptors (Lipinski definition) is 1. The zero-order valence-electron chi connectivity index (χ0n) is 8.29. The molecular weight excluding hydrogens is 288 g/mol. The van der Waals surface area contributed by atoms with E-state index in [2.05, 4.69) is 0 Å². The van der Waals surface area contributed by atoms with Gasteiger partial charge in [0, 0.05) is 5.69 Å². The third-order valence-corrected chi connectivity index (χ3v) is 2.11. The summed E-state index contributed by atoms with van der Waals surface area (Å²) in [5.74, 6) is -9.02. The van der Waals surface area contributed by atoms with E-state index in [0.29, 0.717) is 12.1 Å². The molecule has 0 heterocycles. The molecule has 1 rings (SSSR count). The van der Waals surface area contributed by atoms with Crippen molar-refractivity contribution in [3.05, 3.63) is 29.0 Å². The molecule has 100 valence electrons. The maximum Gasteiger partial charge on any atom is 0.463 e. The number of rotatable bonds is 2. The first-order valence-corrected chi connectivity index (χ1v) is 4.64. The van der Waals surface area contributed by atoms with Crippen LogP contribution < -0.4 is 5.32 Å². The fourth-order valence-electron chi connectivity index (χ4n) is 0.912. The second-order valence-electron chi connectivity index (χ2n) is 3.16. The highest BCUT2D eigenvalue weighted by atomic mass is 35.5. The lowest BCUT2D eigenvalue weighted by Crippen LogP contribution is -2.47. The topological polar surface area (TPSA) is 29.1 Å². The molecule has 1 aromatic carbocycles. The molecular formula is C9H4ClF6NO. The molecule has 0 bridgehead atoms. The number of alkyl halides is 5. The van der Waals surface area contributed by atoms with Gasteiger partial charge in [-0.3, -0.25) is 4.79 Å². The first-order valence-electron chi connectivity index (χ1n) is 4.27. The van der Waals surface area contributed by atoms with Gasteiger partial charge in [-0.2, -0.15) is 22.0 Å². The summed E-state index contributed by atoms with van der Waals surface area (Å²) in [6.07, 6.45) is -6.01. The van der Waals surface area contributed by atoms with Gasteiger partial charge >= 0.3 is 18.0 Å². The molecule has 0 radical (unpaired) electrons. The molecule has 0 fully saturated rings. The molecule has 2 nitrogen and oxygen atoms in total. The predicted molar refractivity (Wildman–Crippen MR) is 51.0 cm³/mol. The van der Waals surface area contributed by atoms with Crippen LogP contribution in [0.25, 0.3) is 0 Å². The zero-order valence-corrected chi connectivity index (χ0v) is 9.04. The van der Waals surface area contributed by atoms with Crippen LogP contribution in [0, 0.1) is 5.82 Å². The molecule has 0 spiro atoms. The van der Waals surface area contributed by atoms with E-state index < -0.39 is 34.5 Å². The van der Waals surface area contributed by atoms with Crippen molar-refractivity contribution in [1.29, 1.82) is 0 Å². The van der Waals surface area contributed by atoms with Gasteiger partial charge in [0.05, 0.1) is 5.02 Å². The molecule has 0 saturated carbocycles. The Morgan fingerprint density at radius 1 is 1.17 bits per heavy atom. The highest BCUT2D eigenvalue weighted by Gasteiger charge is 2.63. The number of carbonyl (C=O) groups is 1. The monoisotopic (exact) mass is 291 g/mol. The Bertz CT molecular complexity index is 473. The van der Waals surface area contributed by atoms with E-state index in [9.17, 15) is 31.1 Å². The smallest absolute Gasteiger partial charge is 0.320 e. The molecule has 1 amide bonds. The maximum atomic E-state index is 12.7. The van der Waals surface area contributed by atoms with Crippen LogP contribution >= 0.6 is 11.6 Å². The van der Waals surface area contributed by atoms with Gasteiger partial charge in [0.15, 0.2) is 0 Å². The zero-order chi connectivity index (χ0) is 14.1. The van der Waals surface area contributed by atoms with Crippen LogP contribution in [0.1, 0.15) is 0 Å². The summed E-state index contributed by atoms with van der Waals surface area (Å²) >= 11 is 5.27. The second-order valence-corrected chi connectivity index (χ2v) is 3.56. The largest absolute Gasteiger partial charge is 0.463 e. The van der Waals surface area contributed by atoms with E-state index in [1.807, 2.05) is 0 Å². The van der Waals surface area contributed by atoms with Crippen LogP contribution in [-0.2, 0) is 4.79 Å². The fraction of sp³-hybridized carbons (Fsp3) is 0.222. The summed E-state index contributed by atoms with van der Waals surface area (Å²) in [5.41, 5.74) is -0.477. The number of carbonyl (C=O) groups excluding carboxylic acids is 1. The van der Waals surface area contributed by atoms with E-state index in [1.54, 1.807) is 0 Å². The number of nitrogens with one attached hydrogen (secondary N) is 1. The van der Waals surface area contributed by atoms with E-state index in [0.717, 1.165) is 6.07 Å². The molecule has 18 heavy (non-hydrogen) atoms. The standard InChI is InChI=1S/C9H4ClF6NO/c10-5-3-4(1-2-6(5)11)17-7(18)8(12,13)9(14,15)16/h1-3H,(H,17,18). The number of halogens is 7. The van der Waals surface area contributed by atoms with Crippen molar-refractivity contribution in [3.63, 3.8) is 0 Å². The van der Waals surface area contributed by atoms with Crippen LogP contribution in [0.15, 0.2) is 18.2 Å². The van der Waals surface area contributed by atoms with Crippen molar-refractivity contribution in [2.24, 2.45) is 0 Å². The van der Waals surface area contributed by atoms with Gasteiger partial charge in [-0.1, -0.05) is 11.6 Å². The normalized spacial score (nSPS) is 12.4. The number of anilines is 1. The number of benzene rings is 1. The molecule has 9 heteroatoms. The van der Waals surface area contributed by atoms with Crippen molar-refractivity contribution >= 4 is 23.2 Å². The van der Waals surface area contributed by atoms with E-state index in [-0.39, 0.29) is 0 Å². The fourth-order valence-corrected chi connectivity index (χ4v) is 1.09. The van der Waals surface area contributed by atoms with Crippen molar-refractivity contribution < 1.29 is 31.1 Å². The summed E-state index contributed by atoms with van der Waals surface area (Å²) in [5, 5.41) is 0.772. The van der Waals surface area contributed by atoms with Crippen LogP contribution in [0.3, 0.4) is 0 Å². The molecule has 0 aliphatic carbocycles. The molecule has 0 aromatic heterocycles. The van der Waals surface area contributed by atoms with Crippen molar-refractivity contribution in [1.82, 2.24) is 0 Å². The SMILES string of the molecule is O=C(Nc1ccc(F)c(Cl)c1)C(F)(F)C(F)(F)F. The average Bonchev–Trinajstić information content (AvgIpc) is 2.21. The number of hydrogen-bond donors (Lipinski definition) is 1. The minimum Gasteiger partial charge on any atom is -0.320 e. The molecule has 1 aromatic rings. The lowest BCUT2D eigenvalue weighted by atomic mass is 10.2. The van der Waals surface area contributed by atoms with Crippen LogP contribution in [0.4, 0.5) is 32.0 Å². The Hall–Kier alpha value is -1.44. The van der Waals surface area contributed by atoms with E-state index in [1.165, 1.54) is 5.32 Å². The highest BCUT2D eigenvalue weighted by molar-refractivity contribution is 6.31. The van der Waals surface area contributed by atoms with Gasteiger partial charge in [-0.25, -0.2) is 4.39 Å². The highest BCUT2D eigenvalue weighted by Crippen LogP contribution is 2.36. The first-order chi connectivity index (χ1) is 8.05. The molecule has 0 aliphatic heterocycles. The van der Waals surface area contributed by atoms with Crippen molar-refractivity contribution in [2.75, 3.05) is 5.32 Å². The molecule has 0 unspecified atom stereocenters. The van der Waals surface area contributed by atoms with Crippen LogP contribution in [-0.4, -0.2) is 18.0 Å². The van der Waals surface area contributed by atoms with Crippen molar-refractivity contribution in [2.45, 2.75) is 12.1 Å². The Labute approximate surface area is 102 Å². The third-order valence-electron chi connectivity index (χ3n) is 1.82. The second kappa shape index (κ2) is 4.68.